The van der Waals surface area contributed by atoms with Crippen LogP contribution in [0.3, 0.4) is 0 Å². The van der Waals surface area contributed by atoms with E-state index in [1.54, 1.807) is 24.3 Å². The molecule has 4 heteroatoms. The number of carbonyl (C=O) groups is 1. The molecule has 2 aromatic carbocycles. The van der Waals surface area contributed by atoms with Crippen molar-refractivity contribution >= 4 is 5.91 Å². The maximum Gasteiger partial charge on any atom is 0.257 e. The molecule has 2 aromatic rings. The first-order valence-corrected chi connectivity index (χ1v) is 8.48. The molecule has 0 bridgehead atoms. The average Bonchev–Trinajstić information content (AvgIpc) is 2.82. The number of amides is 1. The van der Waals surface area contributed by atoms with E-state index in [4.69, 9.17) is 0 Å². The Bertz CT molecular complexity index is 697. The van der Waals surface area contributed by atoms with Crippen LogP contribution in [0, 0.1) is 6.92 Å². The third kappa shape index (κ3) is 3.95. The van der Waals surface area contributed by atoms with Crippen LogP contribution in [0.1, 0.15) is 27.9 Å². The SMILES string of the molecule is Cc1ccc(CN2CCCN(C(=O)c3ccccc3O)CC2)cc1. The van der Waals surface area contributed by atoms with Gasteiger partial charge in [0.15, 0.2) is 0 Å². The lowest BCUT2D eigenvalue weighted by atomic mass is 10.1. The molecule has 0 unspecified atom stereocenters. The highest BCUT2D eigenvalue weighted by Gasteiger charge is 2.22. The van der Waals surface area contributed by atoms with Crippen molar-refractivity contribution in [2.24, 2.45) is 0 Å². The second-order valence-corrected chi connectivity index (χ2v) is 6.42. The van der Waals surface area contributed by atoms with E-state index in [1.165, 1.54) is 11.1 Å². The number of rotatable bonds is 3. The first-order chi connectivity index (χ1) is 11.6. The molecule has 1 amide bonds. The smallest absolute Gasteiger partial charge is 0.257 e. The number of hydrogen-bond acceptors (Lipinski definition) is 3. The van der Waals surface area contributed by atoms with Crippen LogP contribution in [0.4, 0.5) is 0 Å². The molecule has 0 aromatic heterocycles. The van der Waals surface area contributed by atoms with Crippen LogP contribution >= 0.6 is 0 Å². The molecule has 1 fully saturated rings. The predicted octanol–water partition coefficient (Wildman–Crippen LogP) is 3.05. The summed E-state index contributed by atoms with van der Waals surface area (Å²) in [5.41, 5.74) is 2.97. The van der Waals surface area contributed by atoms with Gasteiger partial charge in [0.2, 0.25) is 0 Å². The molecule has 4 nitrogen and oxygen atoms in total. The molecule has 126 valence electrons. The van der Waals surface area contributed by atoms with Gasteiger partial charge in [-0.15, -0.1) is 0 Å². The van der Waals surface area contributed by atoms with Gasteiger partial charge in [-0.25, -0.2) is 0 Å². The number of aromatic hydroxyl groups is 1. The summed E-state index contributed by atoms with van der Waals surface area (Å²) in [6.45, 7) is 6.28. The predicted molar refractivity (Wildman–Crippen MR) is 95.1 cm³/mol. The van der Waals surface area contributed by atoms with Gasteiger partial charge in [0, 0.05) is 32.7 Å². The van der Waals surface area contributed by atoms with Crippen LogP contribution in [0.2, 0.25) is 0 Å². The third-order valence-electron chi connectivity index (χ3n) is 4.54. The fourth-order valence-electron chi connectivity index (χ4n) is 3.11. The van der Waals surface area contributed by atoms with Gasteiger partial charge in [-0.3, -0.25) is 9.69 Å². The summed E-state index contributed by atoms with van der Waals surface area (Å²) < 4.78 is 0. The zero-order valence-electron chi connectivity index (χ0n) is 14.1. The van der Waals surface area contributed by atoms with E-state index in [-0.39, 0.29) is 11.7 Å². The Morgan fingerprint density at radius 2 is 1.75 bits per heavy atom. The average molecular weight is 324 g/mol. The van der Waals surface area contributed by atoms with Crippen LogP contribution in [-0.4, -0.2) is 47.0 Å². The Labute approximate surface area is 143 Å². The van der Waals surface area contributed by atoms with Crippen LogP contribution in [0.5, 0.6) is 5.75 Å². The highest BCUT2D eigenvalue weighted by molar-refractivity contribution is 5.96. The van der Waals surface area contributed by atoms with E-state index < -0.39 is 0 Å². The minimum absolute atomic E-state index is 0.0586. The Balaban J connectivity index is 1.61. The van der Waals surface area contributed by atoms with Crippen molar-refractivity contribution in [3.05, 3.63) is 65.2 Å². The largest absolute Gasteiger partial charge is 0.507 e. The number of para-hydroxylation sites is 1. The van der Waals surface area contributed by atoms with Crippen LogP contribution in [-0.2, 0) is 6.54 Å². The molecule has 0 spiro atoms. The third-order valence-corrected chi connectivity index (χ3v) is 4.54. The summed E-state index contributed by atoms with van der Waals surface area (Å²) in [5, 5.41) is 9.89. The number of phenols is 1. The first-order valence-electron chi connectivity index (χ1n) is 8.48. The summed E-state index contributed by atoms with van der Waals surface area (Å²) in [5.74, 6) is -0.0199. The van der Waals surface area contributed by atoms with Gasteiger partial charge in [0.1, 0.15) is 5.75 Å². The molecule has 0 saturated carbocycles. The zero-order chi connectivity index (χ0) is 16.9. The van der Waals surface area contributed by atoms with Gasteiger partial charge >= 0.3 is 0 Å². The molecule has 1 saturated heterocycles. The number of hydrogen-bond donors (Lipinski definition) is 1. The second-order valence-electron chi connectivity index (χ2n) is 6.42. The molecule has 1 heterocycles. The van der Waals surface area contributed by atoms with Crippen LogP contribution < -0.4 is 0 Å². The fourth-order valence-corrected chi connectivity index (χ4v) is 3.11. The highest BCUT2D eigenvalue weighted by Crippen LogP contribution is 2.19. The van der Waals surface area contributed by atoms with Crippen LogP contribution in [0.15, 0.2) is 48.5 Å². The number of carbonyl (C=O) groups excluding carboxylic acids is 1. The first kappa shape index (κ1) is 16.5. The standard InChI is InChI=1S/C20H24N2O2/c1-16-7-9-17(10-8-16)15-21-11-4-12-22(14-13-21)20(24)18-5-2-3-6-19(18)23/h2-3,5-10,23H,4,11-15H2,1H3. The Morgan fingerprint density at radius 3 is 2.50 bits per heavy atom. The number of benzene rings is 2. The van der Waals surface area contributed by atoms with Crippen molar-refractivity contribution in [2.75, 3.05) is 26.2 Å². The molecule has 0 aliphatic carbocycles. The molecular weight excluding hydrogens is 300 g/mol. The Morgan fingerprint density at radius 1 is 1.00 bits per heavy atom. The maximum atomic E-state index is 12.6. The van der Waals surface area contributed by atoms with Crippen molar-refractivity contribution in [3.63, 3.8) is 0 Å². The minimum atomic E-state index is -0.0784. The van der Waals surface area contributed by atoms with Crippen LogP contribution in [0.25, 0.3) is 0 Å². The lowest BCUT2D eigenvalue weighted by molar-refractivity contribution is 0.0758. The van der Waals surface area contributed by atoms with Crippen molar-refractivity contribution < 1.29 is 9.90 Å². The lowest BCUT2D eigenvalue weighted by Crippen LogP contribution is -2.35. The van der Waals surface area contributed by atoms with E-state index >= 15 is 0 Å². The van der Waals surface area contributed by atoms with Gasteiger partial charge in [0.05, 0.1) is 5.56 Å². The normalized spacial score (nSPS) is 16.0. The van der Waals surface area contributed by atoms with E-state index in [9.17, 15) is 9.90 Å². The summed E-state index contributed by atoms with van der Waals surface area (Å²) in [6.07, 6.45) is 0.950. The minimum Gasteiger partial charge on any atom is -0.507 e. The lowest BCUT2D eigenvalue weighted by Gasteiger charge is -2.22. The van der Waals surface area contributed by atoms with E-state index in [0.29, 0.717) is 12.1 Å². The summed E-state index contributed by atoms with van der Waals surface area (Å²) in [4.78, 5) is 16.9. The van der Waals surface area contributed by atoms with Gasteiger partial charge < -0.3 is 10.0 Å². The Hall–Kier alpha value is -2.33. The van der Waals surface area contributed by atoms with Crippen molar-refractivity contribution in [2.45, 2.75) is 19.9 Å². The number of phenolic OH excluding ortho intramolecular Hbond substituents is 1. The zero-order valence-corrected chi connectivity index (χ0v) is 14.1. The van der Waals surface area contributed by atoms with Gasteiger partial charge in [-0.2, -0.15) is 0 Å². The molecule has 24 heavy (non-hydrogen) atoms. The quantitative estimate of drug-likeness (QED) is 0.944. The molecule has 3 rings (SSSR count). The Kier molecular flexibility index (Phi) is 5.16. The molecule has 0 radical (unpaired) electrons. The summed E-state index contributed by atoms with van der Waals surface area (Å²) in [6, 6.07) is 15.4. The summed E-state index contributed by atoms with van der Waals surface area (Å²) >= 11 is 0. The maximum absolute atomic E-state index is 12.6. The molecule has 1 aliphatic rings. The fraction of sp³-hybridized carbons (Fsp3) is 0.350. The highest BCUT2D eigenvalue weighted by atomic mass is 16.3. The van der Waals surface area contributed by atoms with E-state index in [0.717, 1.165) is 32.6 Å². The monoisotopic (exact) mass is 324 g/mol. The van der Waals surface area contributed by atoms with Gasteiger partial charge in [-0.1, -0.05) is 42.0 Å². The second kappa shape index (κ2) is 7.49. The van der Waals surface area contributed by atoms with Crippen molar-refractivity contribution in [3.8, 4) is 5.75 Å². The molecule has 1 aliphatic heterocycles. The van der Waals surface area contributed by atoms with E-state index in [1.807, 2.05) is 4.90 Å². The molecule has 1 N–H and O–H groups in total. The van der Waals surface area contributed by atoms with Crippen molar-refractivity contribution in [1.29, 1.82) is 0 Å². The van der Waals surface area contributed by atoms with Crippen molar-refractivity contribution in [1.82, 2.24) is 9.80 Å². The summed E-state index contributed by atoms with van der Waals surface area (Å²) in [7, 11) is 0. The molecular formula is C20H24N2O2. The van der Waals surface area contributed by atoms with E-state index in [2.05, 4.69) is 36.1 Å². The topological polar surface area (TPSA) is 43.8 Å². The number of aryl methyl sites for hydroxylation is 1. The van der Waals surface area contributed by atoms with Gasteiger partial charge in [-0.05, 0) is 31.0 Å². The molecule has 0 atom stereocenters. The van der Waals surface area contributed by atoms with Gasteiger partial charge in [0.25, 0.3) is 5.91 Å². The number of nitrogens with zero attached hydrogens (tertiary/aromatic N) is 2.